The Balaban J connectivity index is 1.68. The van der Waals surface area contributed by atoms with E-state index in [0.29, 0.717) is 30.9 Å². The molecule has 0 saturated carbocycles. The van der Waals surface area contributed by atoms with Gasteiger partial charge in [0, 0.05) is 26.2 Å². The van der Waals surface area contributed by atoms with E-state index in [4.69, 9.17) is 4.74 Å². The van der Waals surface area contributed by atoms with Gasteiger partial charge in [-0.1, -0.05) is 6.07 Å². The van der Waals surface area contributed by atoms with Crippen LogP contribution in [0.3, 0.4) is 0 Å². The predicted molar refractivity (Wildman–Crippen MR) is 103 cm³/mol. The zero-order valence-corrected chi connectivity index (χ0v) is 16.7. The third-order valence-electron chi connectivity index (χ3n) is 5.08. The molecule has 0 bridgehead atoms. The molecule has 1 aliphatic heterocycles. The van der Waals surface area contributed by atoms with Gasteiger partial charge in [0.1, 0.15) is 5.75 Å². The Morgan fingerprint density at radius 3 is 2.89 bits per heavy atom. The highest BCUT2D eigenvalue weighted by atomic mass is 32.2. The second-order valence-corrected chi connectivity index (χ2v) is 8.87. The molecule has 1 heterocycles. The molecule has 3 rings (SSSR count). The lowest BCUT2D eigenvalue weighted by atomic mass is 9.97. The van der Waals surface area contributed by atoms with Gasteiger partial charge in [0.2, 0.25) is 10.0 Å². The molecule has 0 amide bonds. The standard InChI is InChI=1S/C19H26F2N2O4S/c1-26-10-9-23-8-2-3-16(13-23)22-28(24,25)18-7-5-14-11-17(27-19(20)21)6-4-15(14)12-18/h4,6,11-12,16,19,22H,2-3,5,7-10,13H2,1H3. The molecular weight excluding hydrogens is 390 g/mol. The molecule has 0 radical (unpaired) electrons. The van der Waals surface area contributed by atoms with Crippen LogP contribution in [-0.2, 0) is 21.2 Å². The van der Waals surface area contributed by atoms with Crippen molar-refractivity contribution in [1.82, 2.24) is 9.62 Å². The minimum absolute atomic E-state index is 0.0879. The maximum atomic E-state index is 12.9. The number of hydrogen-bond donors (Lipinski definition) is 1. The molecule has 28 heavy (non-hydrogen) atoms. The SMILES string of the molecule is COCCN1CCCC(NS(=O)(=O)C2=Cc3ccc(OC(F)F)cc3CC2)C1. The van der Waals surface area contributed by atoms with Gasteiger partial charge in [0.05, 0.1) is 11.5 Å². The van der Waals surface area contributed by atoms with E-state index < -0.39 is 16.6 Å². The number of aryl methyl sites for hydroxylation is 1. The van der Waals surface area contributed by atoms with Crippen molar-refractivity contribution in [1.29, 1.82) is 0 Å². The molecule has 1 aliphatic carbocycles. The molecule has 9 heteroatoms. The average molecular weight is 416 g/mol. The third kappa shape index (κ3) is 5.50. The number of allylic oxidation sites excluding steroid dienone is 1. The molecule has 1 fully saturated rings. The smallest absolute Gasteiger partial charge is 0.387 e. The number of piperidine rings is 1. The first-order valence-electron chi connectivity index (χ1n) is 9.39. The van der Waals surface area contributed by atoms with Gasteiger partial charge in [-0.2, -0.15) is 8.78 Å². The summed E-state index contributed by atoms with van der Waals surface area (Å²) in [5.41, 5.74) is 1.53. The number of fused-ring (bicyclic) bond motifs is 1. The number of ether oxygens (including phenoxy) is 2. The van der Waals surface area contributed by atoms with Gasteiger partial charge in [-0.05, 0) is 61.6 Å². The van der Waals surface area contributed by atoms with E-state index in [9.17, 15) is 17.2 Å². The van der Waals surface area contributed by atoms with Crippen molar-refractivity contribution >= 4 is 16.1 Å². The van der Waals surface area contributed by atoms with Gasteiger partial charge in [-0.25, -0.2) is 13.1 Å². The summed E-state index contributed by atoms with van der Waals surface area (Å²) in [6.45, 7) is 0.143. The molecule has 1 aromatic rings. The Morgan fingerprint density at radius 1 is 1.32 bits per heavy atom. The van der Waals surface area contributed by atoms with Crippen molar-refractivity contribution in [2.24, 2.45) is 0 Å². The van der Waals surface area contributed by atoms with Crippen LogP contribution in [0.25, 0.3) is 6.08 Å². The van der Waals surface area contributed by atoms with Crippen LogP contribution in [0.2, 0.25) is 0 Å². The lowest BCUT2D eigenvalue weighted by Crippen LogP contribution is -2.48. The topological polar surface area (TPSA) is 67.9 Å². The second-order valence-electron chi connectivity index (χ2n) is 7.10. The van der Waals surface area contributed by atoms with Gasteiger partial charge in [-0.3, -0.25) is 4.90 Å². The van der Waals surface area contributed by atoms with Crippen molar-refractivity contribution in [3.63, 3.8) is 0 Å². The molecule has 1 saturated heterocycles. The quantitative estimate of drug-likeness (QED) is 0.706. The number of nitrogens with one attached hydrogen (secondary N) is 1. The number of rotatable bonds is 8. The molecule has 1 unspecified atom stereocenters. The van der Waals surface area contributed by atoms with Crippen molar-refractivity contribution in [3.05, 3.63) is 34.2 Å². The van der Waals surface area contributed by atoms with Gasteiger partial charge < -0.3 is 9.47 Å². The number of halogens is 2. The first-order valence-corrected chi connectivity index (χ1v) is 10.9. The van der Waals surface area contributed by atoms with Crippen LogP contribution >= 0.6 is 0 Å². The maximum Gasteiger partial charge on any atom is 0.387 e. The highest BCUT2D eigenvalue weighted by molar-refractivity contribution is 7.93. The number of alkyl halides is 2. The molecule has 1 aromatic carbocycles. The number of nitrogens with zero attached hydrogens (tertiary/aromatic N) is 1. The molecule has 156 valence electrons. The maximum absolute atomic E-state index is 12.9. The van der Waals surface area contributed by atoms with E-state index >= 15 is 0 Å². The number of methoxy groups -OCH3 is 1. The van der Waals surface area contributed by atoms with Crippen LogP contribution < -0.4 is 9.46 Å². The fraction of sp³-hybridized carbons (Fsp3) is 0.579. The summed E-state index contributed by atoms with van der Waals surface area (Å²) in [6.07, 6.45) is 4.17. The minimum atomic E-state index is -3.60. The van der Waals surface area contributed by atoms with Crippen LogP contribution in [0.15, 0.2) is 23.1 Å². The third-order valence-corrected chi connectivity index (χ3v) is 6.74. The van der Waals surface area contributed by atoms with Crippen molar-refractivity contribution in [2.75, 3.05) is 33.4 Å². The summed E-state index contributed by atoms with van der Waals surface area (Å²) in [5.74, 6) is 0.0879. The van der Waals surface area contributed by atoms with Crippen molar-refractivity contribution in [2.45, 2.75) is 38.3 Å². The number of benzene rings is 1. The number of sulfonamides is 1. The Kier molecular flexibility index (Phi) is 7.03. The summed E-state index contributed by atoms with van der Waals surface area (Å²) >= 11 is 0. The van der Waals surface area contributed by atoms with Gasteiger partial charge in [-0.15, -0.1) is 0 Å². The second kappa shape index (κ2) is 9.30. The van der Waals surface area contributed by atoms with Crippen molar-refractivity contribution < 1.29 is 26.7 Å². The largest absolute Gasteiger partial charge is 0.435 e. The zero-order chi connectivity index (χ0) is 20.1. The van der Waals surface area contributed by atoms with Crippen LogP contribution in [0, 0.1) is 0 Å². The van der Waals surface area contributed by atoms with E-state index in [2.05, 4.69) is 14.4 Å². The summed E-state index contributed by atoms with van der Waals surface area (Å²) in [4.78, 5) is 2.53. The molecule has 1 N–H and O–H groups in total. The Labute approximate surface area is 164 Å². The molecule has 0 aromatic heterocycles. The molecule has 0 spiro atoms. The number of likely N-dealkylation sites (tertiary alicyclic amines) is 1. The Hall–Kier alpha value is -1.55. The number of hydrogen-bond acceptors (Lipinski definition) is 5. The predicted octanol–water partition coefficient (Wildman–Crippen LogP) is 2.61. The zero-order valence-electron chi connectivity index (χ0n) is 15.9. The Morgan fingerprint density at radius 2 is 2.14 bits per heavy atom. The summed E-state index contributed by atoms with van der Waals surface area (Å²) in [7, 11) is -1.94. The van der Waals surface area contributed by atoms with Crippen LogP contribution in [0.5, 0.6) is 5.75 Å². The fourth-order valence-corrected chi connectivity index (χ4v) is 5.14. The lowest BCUT2D eigenvalue weighted by molar-refractivity contribution is -0.0498. The van der Waals surface area contributed by atoms with Crippen LogP contribution in [0.1, 0.15) is 30.4 Å². The fourth-order valence-electron chi connectivity index (χ4n) is 3.70. The first kappa shape index (κ1) is 21.2. The summed E-state index contributed by atoms with van der Waals surface area (Å²) in [5, 5.41) is 0. The van der Waals surface area contributed by atoms with E-state index in [0.717, 1.165) is 37.1 Å². The van der Waals surface area contributed by atoms with Gasteiger partial charge in [0.15, 0.2) is 0 Å². The Bertz CT molecular complexity index is 814. The summed E-state index contributed by atoms with van der Waals surface area (Å²) < 4.78 is 62.8. The van der Waals surface area contributed by atoms with Crippen LogP contribution in [0.4, 0.5) is 8.78 Å². The van der Waals surface area contributed by atoms with Crippen LogP contribution in [-0.4, -0.2) is 59.3 Å². The highest BCUT2D eigenvalue weighted by Gasteiger charge is 2.28. The highest BCUT2D eigenvalue weighted by Crippen LogP contribution is 2.30. The summed E-state index contributed by atoms with van der Waals surface area (Å²) in [6, 6.07) is 4.47. The molecular formula is C19H26F2N2O4S. The molecule has 1 atom stereocenters. The van der Waals surface area contributed by atoms with E-state index in [1.165, 1.54) is 6.07 Å². The average Bonchev–Trinajstić information content (AvgIpc) is 2.65. The normalized spacial score (nSPS) is 20.7. The lowest BCUT2D eigenvalue weighted by Gasteiger charge is -2.33. The van der Waals surface area contributed by atoms with Crippen molar-refractivity contribution in [3.8, 4) is 5.75 Å². The van der Waals surface area contributed by atoms with E-state index in [1.54, 1.807) is 25.3 Å². The van der Waals surface area contributed by atoms with E-state index in [-0.39, 0.29) is 11.8 Å². The van der Waals surface area contributed by atoms with Gasteiger partial charge >= 0.3 is 6.61 Å². The first-order chi connectivity index (χ1) is 13.4. The van der Waals surface area contributed by atoms with Gasteiger partial charge in [0.25, 0.3) is 0 Å². The van der Waals surface area contributed by atoms with E-state index in [1.807, 2.05) is 0 Å². The molecule has 2 aliphatic rings. The molecule has 6 nitrogen and oxygen atoms in total. The minimum Gasteiger partial charge on any atom is -0.435 e. The monoisotopic (exact) mass is 416 g/mol.